The van der Waals surface area contributed by atoms with Gasteiger partial charge in [-0.3, -0.25) is 14.4 Å². The van der Waals surface area contributed by atoms with Crippen LogP contribution >= 0.6 is 22.7 Å². The van der Waals surface area contributed by atoms with E-state index in [0.29, 0.717) is 11.4 Å². The molecule has 1 N–H and O–H groups in total. The fourth-order valence-electron chi connectivity index (χ4n) is 3.41. The van der Waals surface area contributed by atoms with E-state index in [0.717, 1.165) is 30.6 Å². The Morgan fingerprint density at radius 3 is 2.59 bits per heavy atom. The van der Waals surface area contributed by atoms with Crippen LogP contribution in [0.3, 0.4) is 0 Å². The van der Waals surface area contributed by atoms with E-state index in [1.807, 2.05) is 24.3 Å². The third kappa shape index (κ3) is 6.85. The molecule has 0 aromatic carbocycles. The molecule has 2 aromatic heterocycles. The molecule has 0 saturated heterocycles. The molecule has 0 saturated carbocycles. The molecule has 156 valence electrons. The fourth-order valence-corrected chi connectivity index (χ4v) is 5.44. The summed E-state index contributed by atoms with van der Waals surface area (Å²) in [6, 6.07) is 3.72. The van der Waals surface area contributed by atoms with Gasteiger partial charge in [-0.25, -0.2) is 4.98 Å². The van der Waals surface area contributed by atoms with Gasteiger partial charge in [0.25, 0.3) is 0 Å². The number of Topliss-reactive ketones (excluding diaryl/α,β-unsaturated/α-hetero) is 2. The summed E-state index contributed by atoms with van der Waals surface area (Å²) in [6.07, 6.45) is 7.35. The Bertz CT molecular complexity index is 846. The molecule has 5 nitrogen and oxygen atoms in total. The van der Waals surface area contributed by atoms with Crippen molar-refractivity contribution in [2.45, 2.75) is 71.1 Å². The molecule has 2 heterocycles. The van der Waals surface area contributed by atoms with Gasteiger partial charge in [-0.15, -0.1) is 22.7 Å². The first-order valence-corrected chi connectivity index (χ1v) is 12.0. The van der Waals surface area contributed by atoms with E-state index in [1.54, 1.807) is 6.07 Å². The van der Waals surface area contributed by atoms with E-state index in [4.69, 9.17) is 4.98 Å². The molecule has 0 unspecified atom stereocenters. The van der Waals surface area contributed by atoms with Gasteiger partial charge in [0.2, 0.25) is 5.91 Å². The summed E-state index contributed by atoms with van der Waals surface area (Å²) in [4.78, 5) is 43.9. The van der Waals surface area contributed by atoms with Crippen LogP contribution in [-0.4, -0.2) is 29.0 Å². The maximum Gasteiger partial charge on any atom is 0.220 e. The molecule has 0 bridgehead atoms. The number of carbonyl (C=O) groups is 3. The number of carbonyl (C=O) groups excluding carboxylic acids is 3. The van der Waals surface area contributed by atoms with Crippen LogP contribution < -0.4 is 5.32 Å². The van der Waals surface area contributed by atoms with Crippen molar-refractivity contribution in [1.82, 2.24) is 10.3 Å². The van der Waals surface area contributed by atoms with Crippen LogP contribution in [0.25, 0.3) is 0 Å². The Kier molecular flexibility index (Phi) is 8.12. The topological polar surface area (TPSA) is 76.1 Å². The molecule has 0 aliphatic heterocycles. The van der Waals surface area contributed by atoms with Crippen molar-refractivity contribution in [2.24, 2.45) is 0 Å². The molecule has 0 radical (unpaired) electrons. The Morgan fingerprint density at radius 1 is 1.03 bits per heavy atom. The number of fused-ring (bicyclic) bond motifs is 1. The highest BCUT2D eigenvalue weighted by atomic mass is 32.1. The average Bonchev–Trinajstić information content (AvgIpc) is 3.33. The van der Waals surface area contributed by atoms with E-state index in [-0.39, 0.29) is 43.2 Å². The predicted octanol–water partition coefficient (Wildman–Crippen LogP) is 4.45. The first-order chi connectivity index (χ1) is 14.0. The molecule has 3 rings (SSSR count). The van der Waals surface area contributed by atoms with Crippen molar-refractivity contribution in [2.75, 3.05) is 6.54 Å². The SMILES string of the molecule is Cc1ccc(C(=O)CCC(=O)CCC(=O)NCCCc2nc3c(s2)CCCC3)s1. The number of aromatic nitrogens is 1. The van der Waals surface area contributed by atoms with E-state index < -0.39 is 0 Å². The lowest BCUT2D eigenvalue weighted by Gasteiger charge is -2.06. The van der Waals surface area contributed by atoms with E-state index in [1.165, 1.54) is 39.8 Å². The lowest BCUT2D eigenvalue weighted by Crippen LogP contribution is -2.25. The van der Waals surface area contributed by atoms with Crippen molar-refractivity contribution in [3.63, 3.8) is 0 Å². The van der Waals surface area contributed by atoms with Crippen LogP contribution in [0.2, 0.25) is 0 Å². The first-order valence-electron chi connectivity index (χ1n) is 10.4. The van der Waals surface area contributed by atoms with Crippen LogP contribution in [-0.2, 0) is 28.9 Å². The Labute approximate surface area is 179 Å². The second kappa shape index (κ2) is 10.8. The summed E-state index contributed by atoms with van der Waals surface area (Å²) in [7, 11) is 0. The van der Waals surface area contributed by atoms with Crippen LogP contribution in [0.15, 0.2) is 12.1 Å². The second-order valence-electron chi connectivity index (χ2n) is 7.51. The maximum absolute atomic E-state index is 12.0. The molecular weight excluding hydrogens is 404 g/mol. The molecule has 0 spiro atoms. The van der Waals surface area contributed by atoms with Crippen LogP contribution in [0.4, 0.5) is 0 Å². The van der Waals surface area contributed by atoms with E-state index >= 15 is 0 Å². The van der Waals surface area contributed by atoms with Gasteiger partial charge < -0.3 is 5.32 Å². The minimum absolute atomic E-state index is 0.00441. The van der Waals surface area contributed by atoms with Crippen molar-refractivity contribution in [3.05, 3.63) is 37.5 Å². The second-order valence-corrected chi connectivity index (χ2v) is 9.97. The first kappa shape index (κ1) is 21.8. The van der Waals surface area contributed by atoms with Gasteiger partial charge in [-0.2, -0.15) is 0 Å². The van der Waals surface area contributed by atoms with Gasteiger partial charge in [0, 0.05) is 48.4 Å². The van der Waals surface area contributed by atoms with E-state index in [9.17, 15) is 14.4 Å². The molecule has 7 heteroatoms. The van der Waals surface area contributed by atoms with Gasteiger partial charge in [0.05, 0.1) is 15.6 Å². The zero-order valence-electron chi connectivity index (χ0n) is 16.9. The summed E-state index contributed by atoms with van der Waals surface area (Å²) in [5.74, 6) is -0.128. The number of rotatable bonds is 11. The summed E-state index contributed by atoms with van der Waals surface area (Å²) in [6.45, 7) is 2.56. The summed E-state index contributed by atoms with van der Waals surface area (Å²) < 4.78 is 0. The Morgan fingerprint density at radius 2 is 1.83 bits per heavy atom. The average molecular weight is 433 g/mol. The fraction of sp³-hybridized carbons (Fsp3) is 0.545. The Hall–Kier alpha value is -1.86. The molecular formula is C22H28N2O3S2. The minimum atomic E-state index is -0.100. The number of hydrogen-bond acceptors (Lipinski definition) is 6. The molecule has 0 fully saturated rings. The van der Waals surface area contributed by atoms with Crippen molar-refractivity contribution < 1.29 is 14.4 Å². The number of aryl methyl sites for hydroxylation is 4. The van der Waals surface area contributed by atoms with E-state index in [2.05, 4.69) is 5.32 Å². The quantitative estimate of drug-likeness (QED) is 0.420. The molecule has 1 aliphatic rings. The third-order valence-corrected chi connectivity index (χ3v) is 7.32. The molecule has 0 atom stereocenters. The predicted molar refractivity (Wildman–Crippen MR) is 117 cm³/mol. The third-order valence-electron chi connectivity index (χ3n) is 5.06. The highest BCUT2D eigenvalue weighted by Gasteiger charge is 2.15. The number of thiophene rings is 1. The normalized spacial score (nSPS) is 13.1. The van der Waals surface area contributed by atoms with Gasteiger partial charge in [-0.1, -0.05) is 0 Å². The number of hydrogen-bond donors (Lipinski definition) is 1. The number of ketones is 2. The van der Waals surface area contributed by atoms with Crippen LogP contribution in [0, 0.1) is 6.92 Å². The largest absolute Gasteiger partial charge is 0.356 e. The summed E-state index contributed by atoms with van der Waals surface area (Å²) in [5.41, 5.74) is 1.28. The van der Waals surface area contributed by atoms with Crippen LogP contribution in [0.1, 0.15) is 75.1 Å². The van der Waals surface area contributed by atoms with Gasteiger partial charge >= 0.3 is 0 Å². The zero-order valence-corrected chi connectivity index (χ0v) is 18.6. The maximum atomic E-state index is 12.0. The minimum Gasteiger partial charge on any atom is -0.356 e. The number of thiazole rings is 1. The standard InChI is InChI=1S/C22H28N2O3S2/c1-15-8-12-20(28-15)18(26)11-9-16(25)10-13-21(27)23-14-4-7-22-24-17-5-2-3-6-19(17)29-22/h8,12H,2-7,9-11,13-14H2,1H3,(H,23,27). The van der Waals surface area contributed by atoms with Crippen molar-refractivity contribution in [1.29, 1.82) is 0 Å². The Balaban J connectivity index is 1.26. The molecule has 1 aliphatic carbocycles. The smallest absolute Gasteiger partial charge is 0.220 e. The number of nitrogens with one attached hydrogen (secondary N) is 1. The summed E-state index contributed by atoms with van der Waals surface area (Å²) in [5, 5.41) is 4.06. The molecule has 2 aromatic rings. The number of amides is 1. The zero-order chi connectivity index (χ0) is 20.6. The monoisotopic (exact) mass is 432 g/mol. The highest BCUT2D eigenvalue weighted by molar-refractivity contribution is 7.14. The lowest BCUT2D eigenvalue weighted by molar-refractivity contribution is -0.125. The number of nitrogens with zero attached hydrogens (tertiary/aromatic N) is 1. The summed E-state index contributed by atoms with van der Waals surface area (Å²) >= 11 is 3.27. The van der Waals surface area contributed by atoms with Crippen molar-refractivity contribution >= 4 is 40.1 Å². The lowest BCUT2D eigenvalue weighted by atomic mass is 10.0. The van der Waals surface area contributed by atoms with Crippen LogP contribution in [0.5, 0.6) is 0 Å². The molecule has 1 amide bonds. The van der Waals surface area contributed by atoms with Gasteiger partial charge in [-0.05, 0) is 51.2 Å². The van der Waals surface area contributed by atoms with Crippen molar-refractivity contribution in [3.8, 4) is 0 Å². The van der Waals surface area contributed by atoms with Gasteiger partial charge in [0.15, 0.2) is 5.78 Å². The molecule has 29 heavy (non-hydrogen) atoms. The van der Waals surface area contributed by atoms with Gasteiger partial charge in [0.1, 0.15) is 5.78 Å². The highest BCUT2D eigenvalue weighted by Crippen LogP contribution is 2.27.